The summed E-state index contributed by atoms with van der Waals surface area (Å²) in [6, 6.07) is 12.2. The Balaban J connectivity index is 2.41. The number of rotatable bonds is 3. The van der Waals surface area contributed by atoms with E-state index in [1.54, 1.807) is 6.07 Å². The zero-order chi connectivity index (χ0) is 14.9. The fourth-order valence-corrected chi connectivity index (χ4v) is 2.88. The van der Waals surface area contributed by atoms with Crippen LogP contribution in [0.4, 0.5) is 0 Å². The Bertz CT molecular complexity index is 590. The standard InChI is InChI=1S/C19H26O/c1-13(2)18(12-19(3,4)5)16-7-6-15-11-17(20)9-8-14(15)10-16/h6-11,13,18,20H,12H2,1-5H3. The van der Waals surface area contributed by atoms with E-state index in [1.807, 2.05) is 12.1 Å². The molecule has 0 bridgehead atoms. The van der Waals surface area contributed by atoms with Crippen LogP contribution >= 0.6 is 0 Å². The van der Waals surface area contributed by atoms with Gasteiger partial charge in [-0.3, -0.25) is 0 Å². The van der Waals surface area contributed by atoms with Gasteiger partial charge < -0.3 is 5.11 Å². The topological polar surface area (TPSA) is 20.2 Å². The fourth-order valence-electron chi connectivity index (χ4n) is 2.88. The molecule has 20 heavy (non-hydrogen) atoms. The molecule has 1 N–H and O–H groups in total. The van der Waals surface area contributed by atoms with Crippen molar-refractivity contribution in [2.24, 2.45) is 11.3 Å². The molecular weight excluding hydrogens is 244 g/mol. The highest BCUT2D eigenvalue weighted by atomic mass is 16.3. The van der Waals surface area contributed by atoms with Gasteiger partial charge in [0.1, 0.15) is 5.75 Å². The van der Waals surface area contributed by atoms with Crippen molar-refractivity contribution in [3.63, 3.8) is 0 Å². The maximum absolute atomic E-state index is 9.55. The van der Waals surface area contributed by atoms with E-state index in [9.17, 15) is 5.11 Å². The number of hydrogen-bond donors (Lipinski definition) is 1. The van der Waals surface area contributed by atoms with E-state index >= 15 is 0 Å². The van der Waals surface area contributed by atoms with Gasteiger partial charge in [0.05, 0.1) is 0 Å². The molecule has 0 amide bonds. The SMILES string of the molecule is CC(C)C(CC(C)(C)C)c1ccc2cc(O)ccc2c1. The molecule has 0 aliphatic heterocycles. The lowest BCUT2D eigenvalue weighted by Gasteiger charge is -2.29. The maximum Gasteiger partial charge on any atom is 0.116 e. The minimum atomic E-state index is 0.332. The van der Waals surface area contributed by atoms with Crippen LogP contribution in [0.15, 0.2) is 36.4 Å². The summed E-state index contributed by atoms with van der Waals surface area (Å²) in [5.41, 5.74) is 1.74. The molecule has 1 heteroatoms. The highest BCUT2D eigenvalue weighted by Crippen LogP contribution is 2.37. The van der Waals surface area contributed by atoms with Crippen molar-refractivity contribution in [2.75, 3.05) is 0 Å². The summed E-state index contributed by atoms with van der Waals surface area (Å²) in [4.78, 5) is 0. The predicted molar refractivity (Wildman–Crippen MR) is 87.3 cm³/mol. The number of fused-ring (bicyclic) bond motifs is 1. The van der Waals surface area contributed by atoms with Crippen LogP contribution in [-0.2, 0) is 0 Å². The van der Waals surface area contributed by atoms with Crippen LogP contribution in [0.25, 0.3) is 10.8 Å². The van der Waals surface area contributed by atoms with Crippen LogP contribution in [0.5, 0.6) is 5.75 Å². The molecular formula is C19H26O. The van der Waals surface area contributed by atoms with Gasteiger partial charge in [0.15, 0.2) is 0 Å². The first-order valence-electron chi connectivity index (χ1n) is 7.49. The summed E-state index contributed by atoms with van der Waals surface area (Å²) in [6.45, 7) is 11.5. The molecule has 0 heterocycles. The monoisotopic (exact) mass is 270 g/mol. The molecule has 0 saturated heterocycles. The summed E-state index contributed by atoms with van der Waals surface area (Å²) >= 11 is 0. The van der Waals surface area contributed by atoms with Crippen LogP contribution in [-0.4, -0.2) is 5.11 Å². The molecule has 0 saturated carbocycles. The number of benzene rings is 2. The molecule has 2 aromatic rings. The molecule has 1 atom stereocenters. The van der Waals surface area contributed by atoms with E-state index in [0.29, 0.717) is 23.0 Å². The van der Waals surface area contributed by atoms with Gasteiger partial charge >= 0.3 is 0 Å². The van der Waals surface area contributed by atoms with Crippen molar-refractivity contribution >= 4 is 10.8 Å². The lowest BCUT2D eigenvalue weighted by molar-refractivity contribution is 0.301. The van der Waals surface area contributed by atoms with Gasteiger partial charge in [0.2, 0.25) is 0 Å². The van der Waals surface area contributed by atoms with Gasteiger partial charge in [-0.05, 0) is 52.1 Å². The third-order valence-electron chi connectivity index (χ3n) is 3.91. The van der Waals surface area contributed by atoms with Crippen molar-refractivity contribution in [1.82, 2.24) is 0 Å². The van der Waals surface area contributed by atoms with Crippen LogP contribution in [0.2, 0.25) is 0 Å². The molecule has 2 rings (SSSR count). The molecule has 0 radical (unpaired) electrons. The minimum absolute atomic E-state index is 0.332. The lowest BCUT2D eigenvalue weighted by Crippen LogP contribution is -2.16. The Kier molecular flexibility index (Phi) is 4.08. The second kappa shape index (κ2) is 5.47. The molecule has 1 nitrogen and oxygen atoms in total. The Morgan fingerprint density at radius 3 is 2.15 bits per heavy atom. The average Bonchev–Trinajstić information content (AvgIpc) is 2.34. The third kappa shape index (κ3) is 3.53. The molecule has 0 aromatic heterocycles. The largest absolute Gasteiger partial charge is 0.508 e. The highest BCUT2D eigenvalue weighted by Gasteiger charge is 2.23. The zero-order valence-electron chi connectivity index (χ0n) is 13.3. The van der Waals surface area contributed by atoms with Crippen molar-refractivity contribution in [1.29, 1.82) is 0 Å². The van der Waals surface area contributed by atoms with Gasteiger partial charge in [0.25, 0.3) is 0 Å². The minimum Gasteiger partial charge on any atom is -0.508 e. The number of hydrogen-bond acceptors (Lipinski definition) is 1. The fraction of sp³-hybridized carbons (Fsp3) is 0.474. The first kappa shape index (κ1) is 14.9. The third-order valence-corrected chi connectivity index (χ3v) is 3.91. The van der Waals surface area contributed by atoms with E-state index in [4.69, 9.17) is 0 Å². The van der Waals surface area contributed by atoms with Crippen LogP contribution in [0.3, 0.4) is 0 Å². The van der Waals surface area contributed by atoms with E-state index in [1.165, 1.54) is 17.4 Å². The lowest BCUT2D eigenvalue weighted by atomic mass is 9.76. The van der Waals surface area contributed by atoms with Crippen molar-refractivity contribution < 1.29 is 5.11 Å². The second-order valence-corrected chi connectivity index (χ2v) is 7.41. The average molecular weight is 270 g/mol. The van der Waals surface area contributed by atoms with Gasteiger partial charge in [-0.2, -0.15) is 0 Å². The van der Waals surface area contributed by atoms with Crippen molar-refractivity contribution in [3.8, 4) is 5.75 Å². The van der Waals surface area contributed by atoms with Crippen LogP contribution in [0.1, 0.15) is 52.5 Å². The summed E-state index contributed by atoms with van der Waals surface area (Å²) < 4.78 is 0. The van der Waals surface area contributed by atoms with Gasteiger partial charge in [-0.1, -0.05) is 58.9 Å². The summed E-state index contributed by atoms with van der Waals surface area (Å²) in [7, 11) is 0. The van der Waals surface area contributed by atoms with Gasteiger partial charge in [-0.15, -0.1) is 0 Å². The van der Waals surface area contributed by atoms with E-state index in [-0.39, 0.29) is 0 Å². The second-order valence-electron chi connectivity index (χ2n) is 7.41. The first-order valence-corrected chi connectivity index (χ1v) is 7.49. The number of phenolic OH excluding ortho intramolecular Hbond substituents is 1. The molecule has 0 spiro atoms. The summed E-state index contributed by atoms with van der Waals surface area (Å²) in [6.07, 6.45) is 1.19. The predicted octanol–water partition coefficient (Wildman–Crippen LogP) is 5.72. The number of aromatic hydroxyl groups is 1. The van der Waals surface area contributed by atoms with Crippen molar-refractivity contribution in [3.05, 3.63) is 42.0 Å². The normalized spacial score (nSPS) is 13.9. The molecule has 1 unspecified atom stereocenters. The Morgan fingerprint density at radius 1 is 0.950 bits per heavy atom. The van der Waals surface area contributed by atoms with E-state index in [2.05, 4.69) is 52.8 Å². The van der Waals surface area contributed by atoms with Gasteiger partial charge in [-0.25, -0.2) is 0 Å². The Morgan fingerprint density at radius 2 is 1.55 bits per heavy atom. The molecule has 2 aromatic carbocycles. The summed E-state index contributed by atoms with van der Waals surface area (Å²) in [5, 5.41) is 11.9. The van der Waals surface area contributed by atoms with Gasteiger partial charge in [0, 0.05) is 0 Å². The first-order chi connectivity index (χ1) is 9.26. The van der Waals surface area contributed by atoms with Crippen LogP contribution in [0, 0.1) is 11.3 Å². The van der Waals surface area contributed by atoms with Crippen LogP contribution < -0.4 is 0 Å². The Labute approximate surface area is 122 Å². The zero-order valence-corrected chi connectivity index (χ0v) is 13.3. The molecule has 0 aliphatic carbocycles. The van der Waals surface area contributed by atoms with Crippen molar-refractivity contribution in [2.45, 2.75) is 47.0 Å². The molecule has 0 fully saturated rings. The smallest absolute Gasteiger partial charge is 0.116 e. The quantitative estimate of drug-likeness (QED) is 0.756. The maximum atomic E-state index is 9.55. The number of phenols is 1. The summed E-state index contributed by atoms with van der Waals surface area (Å²) in [5.74, 6) is 1.54. The van der Waals surface area contributed by atoms with E-state index in [0.717, 1.165) is 5.39 Å². The highest BCUT2D eigenvalue weighted by molar-refractivity contribution is 5.84. The molecule has 0 aliphatic rings. The Hall–Kier alpha value is -1.50. The van der Waals surface area contributed by atoms with E-state index < -0.39 is 0 Å². The molecule has 108 valence electrons.